The summed E-state index contributed by atoms with van der Waals surface area (Å²) in [5.74, 6) is 0.483. The zero-order valence-electron chi connectivity index (χ0n) is 14.1. The maximum atomic E-state index is 11.9. The Kier molecular flexibility index (Phi) is 4.44. The van der Waals surface area contributed by atoms with E-state index in [1.807, 2.05) is 24.3 Å². The maximum Gasteiger partial charge on any atom is 0.338 e. The van der Waals surface area contributed by atoms with E-state index in [2.05, 4.69) is 15.3 Å². The fourth-order valence-corrected chi connectivity index (χ4v) is 4.36. The third-order valence-electron chi connectivity index (χ3n) is 3.71. The Labute approximate surface area is 157 Å². The number of anilines is 2. The van der Waals surface area contributed by atoms with Gasteiger partial charge < -0.3 is 14.8 Å². The van der Waals surface area contributed by atoms with Gasteiger partial charge in [0.15, 0.2) is 10.3 Å². The number of esters is 1. The van der Waals surface area contributed by atoms with E-state index in [0.717, 1.165) is 36.4 Å². The van der Waals surface area contributed by atoms with Crippen LogP contribution in [0.3, 0.4) is 0 Å². The number of aromatic nitrogens is 2. The summed E-state index contributed by atoms with van der Waals surface area (Å²) in [6.07, 6.45) is 0. The fourth-order valence-electron chi connectivity index (χ4n) is 2.50. The van der Waals surface area contributed by atoms with Gasteiger partial charge in [-0.1, -0.05) is 22.7 Å². The van der Waals surface area contributed by atoms with E-state index in [9.17, 15) is 4.79 Å². The van der Waals surface area contributed by atoms with Gasteiger partial charge in [-0.2, -0.15) is 0 Å². The first-order valence-electron chi connectivity index (χ1n) is 7.95. The van der Waals surface area contributed by atoms with Crippen molar-refractivity contribution in [2.24, 2.45) is 0 Å². The number of fused-ring (bicyclic) bond motifs is 2. The lowest BCUT2D eigenvalue weighted by Crippen LogP contribution is -2.03. The molecule has 6 nitrogen and oxygen atoms in total. The van der Waals surface area contributed by atoms with Gasteiger partial charge in [0, 0.05) is 0 Å². The predicted molar refractivity (Wildman–Crippen MR) is 105 cm³/mol. The molecule has 4 rings (SSSR count). The Morgan fingerprint density at radius 3 is 2.35 bits per heavy atom. The molecule has 0 spiro atoms. The lowest BCUT2D eigenvalue weighted by atomic mass is 10.2. The summed E-state index contributed by atoms with van der Waals surface area (Å²) in [4.78, 5) is 21.0. The minimum Gasteiger partial charge on any atom is -0.497 e. The molecule has 0 fully saturated rings. The number of benzene rings is 2. The standard InChI is InChI=1S/C18H15N3O3S2/c1-3-24-16(22)10-4-6-12-14(8-10)25-17(19-12)21-18-20-13-7-5-11(23-2)9-15(13)26-18/h4-9H,3H2,1-2H3,(H,19,20,21). The Hall–Kier alpha value is -2.71. The van der Waals surface area contributed by atoms with Gasteiger partial charge in [0.2, 0.25) is 0 Å². The summed E-state index contributed by atoms with van der Waals surface area (Å²) in [6, 6.07) is 11.1. The quantitative estimate of drug-likeness (QED) is 0.496. The first-order valence-corrected chi connectivity index (χ1v) is 9.59. The van der Waals surface area contributed by atoms with Crippen molar-refractivity contribution in [1.82, 2.24) is 9.97 Å². The second-order valence-electron chi connectivity index (χ2n) is 5.40. The molecule has 0 aliphatic heterocycles. The molecule has 0 unspecified atom stereocenters. The third kappa shape index (κ3) is 3.21. The lowest BCUT2D eigenvalue weighted by Gasteiger charge is -2.00. The van der Waals surface area contributed by atoms with Crippen LogP contribution in [0.15, 0.2) is 36.4 Å². The molecule has 0 radical (unpaired) electrons. The number of nitrogens with one attached hydrogen (secondary N) is 1. The van der Waals surface area contributed by atoms with Crippen molar-refractivity contribution >= 4 is 59.3 Å². The van der Waals surface area contributed by atoms with E-state index in [4.69, 9.17) is 9.47 Å². The number of nitrogens with zero attached hydrogens (tertiary/aromatic N) is 2. The van der Waals surface area contributed by atoms with E-state index in [-0.39, 0.29) is 5.97 Å². The van der Waals surface area contributed by atoms with E-state index >= 15 is 0 Å². The first kappa shape index (κ1) is 16.7. The van der Waals surface area contributed by atoms with E-state index in [0.29, 0.717) is 12.2 Å². The maximum absolute atomic E-state index is 11.9. The first-order chi connectivity index (χ1) is 12.7. The number of thiazole rings is 2. The summed E-state index contributed by atoms with van der Waals surface area (Å²) in [5.41, 5.74) is 2.26. The second kappa shape index (κ2) is 6.89. The van der Waals surface area contributed by atoms with Gasteiger partial charge in [-0.3, -0.25) is 0 Å². The summed E-state index contributed by atoms with van der Waals surface area (Å²) < 4.78 is 12.2. The largest absolute Gasteiger partial charge is 0.497 e. The van der Waals surface area contributed by atoms with Crippen molar-refractivity contribution in [1.29, 1.82) is 0 Å². The molecule has 0 aliphatic rings. The van der Waals surface area contributed by atoms with Gasteiger partial charge in [0.1, 0.15) is 5.75 Å². The Morgan fingerprint density at radius 1 is 1.04 bits per heavy atom. The van der Waals surface area contributed by atoms with Crippen LogP contribution in [0.2, 0.25) is 0 Å². The number of carbonyl (C=O) groups excluding carboxylic acids is 1. The molecular formula is C18H15N3O3S2. The molecule has 132 valence electrons. The monoisotopic (exact) mass is 385 g/mol. The smallest absolute Gasteiger partial charge is 0.338 e. The van der Waals surface area contributed by atoms with E-state index in [1.54, 1.807) is 26.2 Å². The average Bonchev–Trinajstić information content (AvgIpc) is 3.23. The zero-order valence-corrected chi connectivity index (χ0v) is 15.7. The Bertz CT molecular complexity index is 1100. The van der Waals surface area contributed by atoms with Crippen molar-refractivity contribution in [3.05, 3.63) is 42.0 Å². The van der Waals surface area contributed by atoms with E-state index < -0.39 is 0 Å². The summed E-state index contributed by atoms with van der Waals surface area (Å²) in [6.45, 7) is 2.15. The molecule has 0 aliphatic carbocycles. The second-order valence-corrected chi connectivity index (χ2v) is 7.46. The number of carbonyl (C=O) groups is 1. The minimum absolute atomic E-state index is 0.322. The van der Waals surface area contributed by atoms with Gasteiger partial charge in [-0.15, -0.1) is 0 Å². The molecule has 1 N–H and O–H groups in total. The van der Waals surface area contributed by atoms with Crippen LogP contribution in [0.4, 0.5) is 10.3 Å². The molecule has 0 saturated heterocycles. The summed E-state index contributed by atoms with van der Waals surface area (Å²) >= 11 is 3.01. The third-order valence-corrected chi connectivity index (χ3v) is 5.58. The van der Waals surface area contributed by atoms with Crippen molar-refractivity contribution in [3.63, 3.8) is 0 Å². The van der Waals surface area contributed by atoms with Crippen molar-refractivity contribution in [3.8, 4) is 5.75 Å². The van der Waals surface area contributed by atoms with Crippen LogP contribution in [0.5, 0.6) is 5.75 Å². The Morgan fingerprint density at radius 2 is 1.69 bits per heavy atom. The van der Waals surface area contributed by atoms with E-state index in [1.165, 1.54) is 22.7 Å². The average molecular weight is 385 g/mol. The molecule has 4 aromatic rings. The molecule has 0 amide bonds. The highest BCUT2D eigenvalue weighted by atomic mass is 32.1. The minimum atomic E-state index is -0.322. The topological polar surface area (TPSA) is 73.3 Å². The molecule has 8 heteroatoms. The molecule has 0 atom stereocenters. The highest BCUT2D eigenvalue weighted by molar-refractivity contribution is 7.24. The highest BCUT2D eigenvalue weighted by Crippen LogP contribution is 2.34. The molecule has 2 aromatic heterocycles. The number of methoxy groups -OCH3 is 1. The SMILES string of the molecule is CCOC(=O)c1ccc2nc(Nc3nc4ccc(OC)cc4s3)sc2c1. The molecular weight excluding hydrogens is 370 g/mol. The number of ether oxygens (including phenoxy) is 2. The van der Waals surface area contributed by atoms with Crippen LogP contribution < -0.4 is 10.1 Å². The van der Waals surface area contributed by atoms with Crippen molar-refractivity contribution in [2.75, 3.05) is 19.0 Å². The molecule has 0 bridgehead atoms. The van der Waals surface area contributed by atoms with Crippen LogP contribution in [0.25, 0.3) is 20.4 Å². The van der Waals surface area contributed by atoms with Crippen LogP contribution in [-0.4, -0.2) is 29.7 Å². The molecule has 26 heavy (non-hydrogen) atoms. The van der Waals surface area contributed by atoms with Crippen molar-refractivity contribution in [2.45, 2.75) is 6.92 Å². The Balaban J connectivity index is 1.61. The number of rotatable bonds is 5. The van der Waals surface area contributed by atoms with Crippen LogP contribution in [0, 0.1) is 0 Å². The number of hydrogen-bond donors (Lipinski definition) is 1. The van der Waals surface area contributed by atoms with Gasteiger partial charge >= 0.3 is 5.97 Å². The number of hydrogen-bond acceptors (Lipinski definition) is 8. The fraction of sp³-hybridized carbons (Fsp3) is 0.167. The van der Waals surface area contributed by atoms with Gasteiger partial charge in [0.05, 0.1) is 39.7 Å². The lowest BCUT2D eigenvalue weighted by molar-refractivity contribution is 0.0526. The zero-order chi connectivity index (χ0) is 18.1. The predicted octanol–water partition coefficient (Wildman–Crippen LogP) is 4.83. The van der Waals surface area contributed by atoms with Crippen LogP contribution >= 0.6 is 22.7 Å². The molecule has 2 aromatic carbocycles. The highest BCUT2D eigenvalue weighted by Gasteiger charge is 2.12. The molecule has 0 saturated carbocycles. The normalized spacial score (nSPS) is 11.0. The van der Waals surface area contributed by atoms with Crippen LogP contribution in [-0.2, 0) is 4.74 Å². The van der Waals surface area contributed by atoms with Gasteiger partial charge in [-0.05, 0) is 43.3 Å². The molecule has 2 heterocycles. The summed E-state index contributed by atoms with van der Waals surface area (Å²) in [5, 5.41) is 4.74. The van der Waals surface area contributed by atoms with Crippen LogP contribution in [0.1, 0.15) is 17.3 Å². The summed E-state index contributed by atoms with van der Waals surface area (Å²) in [7, 11) is 1.65. The van der Waals surface area contributed by atoms with Gasteiger partial charge in [-0.25, -0.2) is 14.8 Å². The van der Waals surface area contributed by atoms with Gasteiger partial charge in [0.25, 0.3) is 0 Å². The van der Waals surface area contributed by atoms with Crippen molar-refractivity contribution < 1.29 is 14.3 Å².